The molecular weight excluding hydrogens is 324 g/mol. The number of hydrogen-bond acceptors (Lipinski definition) is 3. The molecule has 0 unspecified atom stereocenters. The Bertz CT molecular complexity index is 477. The normalized spacial score (nSPS) is 9.95. The van der Waals surface area contributed by atoms with Gasteiger partial charge in [0.2, 0.25) is 0 Å². The summed E-state index contributed by atoms with van der Waals surface area (Å²) >= 11 is 3.37. The van der Waals surface area contributed by atoms with Crippen molar-refractivity contribution in [2.45, 2.75) is 26.7 Å². The molecule has 1 aromatic rings. The number of esters is 1. The molecule has 1 aromatic carbocycles. The Hall–Kier alpha value is -1.56. The second-order valence-corrected chi connectivity index (χ2v) is 5.16. The van der Waals surface area contributed by atoms with E-state index in [1.54, 1.807) is 6.92 Å². The lowest BCUT2D eigenvalue weighted by atomic mass is 10.2. The Morgan fingerprint density at radius 1 is 1.35 bits per heavy atom. The zero-order chi connectivity index (χ0) is 15.0. The number of aryl methyl sites for hydroxylation is 1. The SMILES string of the molecule is CCOC(=O)CCCNC(=O)Nc1ccc(Br)cc1C. The molecule has 2 N–H and O–H groups in total. The molecule has 0 saturated carbocycles. The molecule has 0 atom stereocenters. The average molecular weight is 343 g/mol. The highest BCUT2D eigenvalue weighted by atomic mass is 79.9. The van der Waals surface area contributed by atoms with E-state index >= 15 is 0 Å². The second-order valence-electron chi connectivity index (χ2n) is 4.25. The predicted molar refractivity (Wildman–Crippen MR) is 81.8 cm³/mol. The van der Waals surface area contributed by atoms with Crippen molar-refractivity contribution in [2.24, 2.45) is 0 Å². The molecule has 0 spiro atoms. The van der Waals surface area contributed by atoms with E-state index in [2.05, 4.69) is 26.6 Å². The minimum absolute atomic E-state index is 0.238. The van der Waals surface area contributed by atoms with Crippen molar-refractivity contribution >= 4 is 33.6 Å². The molecule has 0 saturated heterocycles. The van der Waals surface area contributed by atoms with Gasteiger partial charge in [-0.3, -0.25) is 4.79 Å². The lowest BCUT2D eigenvalue weighted by molar-refractivity contribution is -0.143. The van der Waals surface area contributed by atoms with Crippen molar-refractivity contribution in [3.8, 4) is 0 Å². The zero-order valence-electron chi connectivity index (χ0n) is 11.7. The minimum Gasteiger partial charge on any atom is -0.466 e. The number of nitrogens with one attached hydrogen (secondary N) is 2. The van der Waals surface area contributed by atoms with E-state index in [-0.39, 0.29) is 12.0 Å². The highest BCUT2D eigenvalue weighted by Gasteiger charge is 2.05. The van der Waals surface area contributed by atoms with Crippen LogP contribution in [0, 0.1) is 6.92 Å². The number of hydrogen-bond donors (Lipinski definition) is 2. The fourth-order valence-corrected chi connectivity index (χ4v) is 2.08. The summed E-state index contributed by atoms with van der Waals surface area (Å²) in [5.41, 5.74) is 1.73. The van der Waals surface area contributed by atoms with Gasteiger partial charge >= 0.3 is 12.0 Å². The summed E-state index contributed by atoms with van der Waals surface area (Å²) < 4.78 is 5.77. The summed E-state index contributed by atoms with van der Waals surface area (Å²) in [7, 11) is 0. The molecule has 20 heavy (non-hydrogen) atoms. The van der Waals surface area contributed by atoms with Crippen LogP contribution in [0.2, 0.25) is 0 Å². The number of anilines is 1. The molecule has 5 nitrogen and oxygen atoms in total. The van der Waals surface area contributed by atoms with Crippen LogP contribution in [0.25, 0.3) is 0 Å². The third-order valence-electron chi connectivity index (χ3n) is 2.59. The number of benzene rings is 1. The van der Waals surface area contributed by atoms with Crippen molar-refractivity contribution in [3.05, 3.63) is 28.2 Å². The first-order valence-corrected chi connectivity index (χ1v) is 7.29. The largest absolute Gasteiger partial charge is 0.466 e. The summed E-state index contributed by atoms with van der Waals surface area (Å²) in [5.74, 6) is -0.238. The highest BCUT2D eigenvalue weighted by Crippen LogP contribution is 2.19. The van der Waals surface area contributed by atoms with Crippen LogP contribution in [0.15, 0.2) is 22.7 Å². The number of halogens is 1. The molecule has 0 radical (unpaired) electrons. The molecule has 0 aliphatic rings. The third kappa shape index (κ3) is 6.06. The van der Waals surface area contributed by atoms with Crippen molar-refractivity contribution in [3.63, 3.8) is 0 Å². The molecular formula is C14H19BrN2O3. The van der Waals surface area contributed by atoms with E-state index < -0.39 is 0 Å². The van der Waals surface area contributed by atoms with Gasteiger partial charge in [0.1, 0.15) is 0 Å². The van der Waals surface area contributed by atoms with Gasteiger partial charge in [-0.15, -0.1) is 0 Å². The van der Waals surface area contributed by atoms with E-state index in [9.17, 15) is 9.59 Å². The van der Waals surface area contributed by atoms with Crippen molar-refractivity contribution < 1.29 is 14.3 Å². The van der Waals surface area contributed by atoms with Gasteiger partial charge < -0.3 is 15.4 Å². The van der Waals surface area contributed by atoms with Gasteiger partial charge in [-0.2, -0.15) is 0 Å². The van der Waals surface area contributed by atoms with E-state index in [1.165, 1.54) is 0 Å². The highest BCUT2D eigenvalue weighted by molar-refractivity contribution is 9.10. The summed E-state index contributed by atoms with van der Waals surface area (Å²) in [5, 5.41) is 5.46. The van der Waals surface area contributed by atoms with Crippen LogP contribution in [0.4, 0.5) is 10.5 Å². The molecule has 0 aliphatic heterocycles. The van der Waals surface area contributed by atoms with Gasteiger partial charge in [-0.1, -0.05) is 15.9 Å². The van der Waals surface area contributed by atoms with E-state index in [0.29, 0.717) is 26.0 Å². The maximum absolute atomic E-state index is 11.7. The minimum atomic E-state index is -0.278. The number of carbonyl (C=O) groups is 2. The molecule has 2 amide bonds. The number of urea groups is 1. The van der Waals surface area contributed by atoms with E-state index in [1.807, 2.05) is 25.1 Å². The summed E-state index contributed by atoms with van der Waals surface area (Å²) in [4.78, 5) is 22.8. The van der Waals surface area contributed by atoms with Gasteiger partial charge in [0.25, 0.3) is 0 Å². The van der Waals surface area contributed by atoms with Crippen LogP contribution < -0.4 is 10.6 Å². The van der Waals surface area contributed by atoms with Crippen molar-refractivity contribution in [1.29, 1.82) is 0 Å². The maximum Gasteiger partial charge on any atom is 0.319 e. The first-order chi connectivity index (χ1) is 9.52. The second kappa shape index (κ2) is 8.58. The smallest absolute Gasteiger partial charge is 0.319 e. The molecule has 0 heterocycles. The molecule has 0 fully saturated rings. The third-order valence-corrected chi connectivity index (χ3v) is 3.08. The van der Waals surface area contributed by atoms with Crippen LogP contribution in [-0.2, 0) is 9.53 Å². The number of amides is 2. The van der Waals surface area contributed by atoms with Gasteiger partial charge in [-0.05, 0) is 44.0 Å². The fourth-order valence-electron chi connectivity index (χ4n) is 1.60. The van der Waals surface area contributed by atoms with E-state index in [0.717, 1.165) is 15.7 Å². The van der Waals surface area contributed by atoms with Crippen molar-refractivity contribution in [1.82, 2.24) is 5.32 Å². The van der Waals surface area contributed by atoms with Crippen LogP contribution in [-0.4, -0.2) is 25.2 Å². The fraction of sp³-hybridized carbons (Fsp3) is 0.429. The number of ether oxygens (including phenoxy) is 1. The summed E-state index contributed by atoms with van der Waals surface area (Å²) in [6.07, 6.45) is 0.872. The Labute approximate surface area is 127 Å². The number of carbonyl (C=O) groups excluding carboxylic acids is 2. The van der Waals surface area contributed by atoms with Crippen LogP contribution in [0.3, 0.4) is 0 Å². The first-order valence-electron chi connectivity index (χ1n) is 6.49. The maximum atomic E-state index is 11.7. The van der Waals surface area contributed by atoms with E-state index in [4.69, 9.17) is 4.74 Å². The average Bonchev–Trinajstić information content (AvgIpc) is 2.38. The summed E-state index contributed by atoms with van der Waals surface area (Å²) in [6.45, 7) is 4.50. The lowest BCUT2D eigenvalue weighted by Crippen LogP contribution is -2.30. The summed E-state index contributed by atoms with van der Waals surface area (Å²) in [6, 6.07) is 5.34. The molecule has 0 aromatic heterocycles. The quantitative estimate of drug-likeness (QED) is 0.616. The lowest BCUT2D eigenvalue weighted by Gasteiger charge is -2.10. The van der Waals surface area contributed by atoms with Crippen LogP contribution in [0.1, 0.15) is 25.3 Å². The Balaban J connectivity index is 2.28. The van der Waals surface area contributed by atoms with Crippen LogP contribution in [0.5, 0.6) is 0 Å². The number of rotatable bonds is 6. The molecule has 6 heteroatoms. The van der Waals surface area contributed by atoms with Gasteiger partial charge in [-0.25, -0.2) is 4.79 Å². The zero-order valence-corrected chi connectivity index (χ0v) is 13.2. The Kier molecular flexibility index (Phi) is 7.08. The Morgan fingerprint density at radius 3 is 2.75 bits per heavy atom. The first kappa shape index (κ1) is 16.5. The molecule has 0 bridgehead atoms. The molecule has 110 valence electrons. The van der Waals surface area contributed by atoms with Gasteiger partial charge in [0, 0.05) is 23.1 Å². The van der Waals surface area contributed by atoms with Gasteiger partial charge in [0.15, 0.2) is 0 Å². The monoisotopic (exact) mass is 342 g/mol. The van der Waals surface area contributed by atoms with Crippen LogP contribution >= 0.6 is 15.9 Å². The standard InChI is InChI=1S/C14H19BrN2O3/c1-3-20-13(18)5-4-8-16-14(19)17-12-7-6-11(15)9-10(12)2/h6-7,9H,3-5,8H2,1-2H3,(H2,16,17,19). The molecule has 1 rings (SSSR count). The molecule has 0 aliphatic carbocycles. The Morgan fingerprint density at radius 2 is 2.10 bits per heavy atom. The van der Waals surface area contributed by atoms with Crippen molar-refractivity contribution in [2.75, 3.05) is 18.5 Å². The van der Waals surface area contributed by atoms with Gasteiger partial charge in [0.05, 0.1) is 6.61 Å². The topological polar surface area (TPSA) is 67.4 Å². The predicted octanol–water partition coefficient (Wildman–Crippen LogP) is 3.22.